The van der Waals surface area contributed by atoms with Gasteiger partial charge in [0.25, 0.3) is 9.84 Å². The Bertz CT molecular complexity index is 587. The number of anilines is 1. The van der Waals surface area contributed by atoms with Crippen molar-refractivity contribution < 1.29 is 26.0 Å². The van der Waals surface area contributed by atoms with Crippen LogP contribution in [0.25, 0.3) is 0 Å². The SMILES string of the molecule is CNCC(C)CNc1ccc(F)cc1S(=O)(=O)C(F)(F)F. The Morgan fingerprint density at radius 2 is 1.86 bits per heavy atom. The van der Waals surface area contributed by atoms with E-state index in [4.69, 9.17) is 0 Å². The number of benzene rings is 1. The first kappa shape index (κ1) is 17.7. The van der Waals surface area contributed by atoms with Crippen LogP contribution >= 0.6 is 0 Å². The van der Waals surface area contributed by atoms with E-state index in [2.05, 4.69) is 10.6 Å². The van der Waals surface area contributed by atoms with E-state index in [0.717, 1.165) is 12.1 Å². The van der Waals surface area contributed by atoms with E-state index in [1.807, 2.05) is 6.92 Å². The van der Waals surface area contributed by atoms with Gasteiger partial charge >= 0.3 is 5.51 Å². The second-order valence-corrected chi connectivity index (χ2v) is 6.54. The average molecular weight is 328 g/mol. The van der Waals surface area contributed by atoms with Gasteiger partial charge in [0.1, 0.15) is 10.7 Å². The lowest BCUT2D eigenvalue weighted by Gasteiger charge is -2.17. The summed E-state index contributed by atoms with van der Waals surface area (Å²) in [5, 5.41) is 5.50. The number of sulfone groups is 1. The third kappa shape index (κ3) is 4.31. The fraction of sp³-hybridized carbons (Fsp3) is 0.500. The van der Waals surface area contributed by atoms with E-state index in [0.29, 0.717) is 12.6 Å². The van der Waals surface area contributed by atoms with Gasteiger partial charge in [0.15, 0.2) is 0 Å². The van der Waals surface area contributed by atoms with Crippen molar-refractivity contribution in [3.05, 3.63) is 24.0 Å². The lowest BCUT2D eigenvalue weighted by molar-refractivity contribution is -0.0435. The predicted molar refractivity (Wildman–Crippen MR) is 71.2 cm³/mol. The van der Waals surface area contributed by atoms with E-state index >= 15 is 0 Å². The molecule has 1 aromatic carbocycles. The van der Waals surface area contributed by atoms with Gasteiger partial charge in [0.2, 0.25) is 0 Å². The van der Waals surface area contributed by atoms with Gasteiger partial charge in [-0.25, -0.2) is 12.8 Å². The monoisotopic (exact) mass is 328 g/mol. The van der Waals surface area contributed by atoms with E-state index < -0.39 is 26.1 Å². The van der Waals surface area contributed by atoms with Crippen LogP contribution in [0.1, 0.15) is 6.92 Å². The second-order valence-electron chi connectivity index (χ2n) is 4.63. The summed E-state index contributed by atoms with van der Waals surface area (Å²) in [4.78, 5) is -1.10. The summed E-state index contributed by atoms with van der Waals surface area (Å²) < 4.78 is 73.8. The molecule has 0 saturated heterocycles. The Labute approximate surface area is 120 Å². The highest BCUT2D eigenvalue weighted by Crippen LogP contribution is 2.34. The first-order valence-electron chi connectivity index (χ1n) is 6.09. The fourth-order valence-electron chi connectivity index (χ4n) is 1.69. The van der Waals surface area contributed by atoms with Crippen molar-refractivity contribution in [1.29, 1.82) is 0 Å². The smallest absolute Gasteiger partial charge is 0.384 e. The summed E-state index contributed by atoms with van der Waals surface area (Å²) in [6, 6.07) is 2.26. The highest BCUT2D eigenvalue weighted by Gasteiger charge is 2.48. The zero-order valence-corrected chi connectivity index (χ0v) is 12.3. The maximum Gasteiger partial charge on any atom is 0.501 e. The second kappa shape index (κ2) is 6.61. The van der Waals surface area contributed by atoms with Gasteiger partial charge in [0.05, 0.1) is 5.69 Å². The van der Waals surface area contributed by atoms with E-state index in [9.17, 15) is 26.0 Å². The molecule has 0 heterocycles. The minimum Gasteiger partial charge on any atom is -0.384 e. The standard InChI is InChI=1S/C12H16F4N2O2S/c1-8(6-17-2)7-18-10-4-3-9(13)5-11(10)21(19,20)12(14,15)16/h3-5,8,17-18H,6-7H2,1-2H3. The molecular formula is C12H16F4N2O2S. The molecule has 0 spiro atoms. The van der Waals surface area contributed by atoms with Gasteiger partial charge in [-0.1, -0.05) is 6.92 Å². The van der Waals surface area contributed by atoms with Crippen molar-refractivity contribution in [1.82, 2.24) is 5.32 Å². The van der Waals surface area contributed by atoms with E-state index in [1.165, 1.54) is 0 Å². The van der Waals surface area contributed by atoms with E-state index in [-0.39, 0.29) is 18.2 Å². The lowest BCUT2D eigenvalue weighted by Crippen LogP contribution is -2.26. The molecule has 120 valence electrons. The van der Waals surface area contributed by atoms with Crippen LogP contribution in [-0.2, 0) is 9.84 Å². The molecule has 1 rings (SSSR count). The normalized spacial score (nSPS) is 14.0. The molecule has 0 saturated carbocycles. The Morgan fingerprint density at radius 1 is 1.24 bits per heavy atom. The highest BCUT2D eigenvalue weighted by molar-refractivity contribution is 7.92. The summed E-state index contributed by atoms with van der Waals surface area (Å²) >= 11 is 0. The lowest BCUT2D eigenvalue weighted by atomic mass is 10.2. The molecule has 4 nitrogen and oxygen atoms in total. The van der Waals surface area contributed by atoms with Crippen LogP contribution in [0.3, 0.4) is 0 Å². The summed E-state index contributed by atoms with van der Waals surface area (Å²) in [6.45, 7) is 2.66. The number of nitrogens with one attached hydrogen (secondary N) is 2. The Balaban J connectivity index is 3.12. The minimum absolute atomic E-state index is 0.0430. The molecule has 0 aromatic heterocycles. The van der Waals surface area contributed by atoms with E-state index in [1.54, 1.807) is 7.05 Å². The van der Waals surface area contributed by atoms with Crippen LogP contribution in [0.5, 0.6) is 0 Å². The quantitative estimate of drug-likeness (QED) is 0.787. The molecule has 0 fully saturated rings. The summed E-state index contributed by atoms with van der Waals surface area (Å²) in [5.41, 5.74) is -5.75. The molecule has 1 aromatic rings. The highest BCUT2D eigenvalue weighted by atomic mass is 32.2. The molecule has 2 N–H and O–H groups in total. The topological polar surface area (TPSA) is 58.2 Å². The van der Waals surface area contributed by atoms with Crippen molar-refractivity contribution in [2.75, 3.05) is 25.5 Å². The zero-order valence-electron chi connectivity index (χ0n) is 11.5. The fourth-order valence-corrected chi connectivity index (χ4v) is 2.64. The summed E-state index contributed by atoms with van der Waals surface area (Å²) in [7, 11) is -3.89. The molecule has 0 radical (unpaired) electrons. The van der Waals surface area contributed by atoms with Crippen LogP contribution < -0.4 is 10.6 Å². The van der Waals surface area contributed by atoms with Gasteiger partial charge in [0, 0.05) is 6.54 Å². The first-order chi connectivity index (χ1) is 9.59. The number of alkyl halides is 3. The molecule has 0 bridgehead atoms. The van der Waals surface area contributed by atoms with Crippen LogP contribution in [0.2, 0.25) is 0 Å². The van der Waals surface area contributed by atoms with Gasteiger partial charge in [-0.2, -0.15) is 13.2 Å². The maximum atomic E-state index is 13.1. The third-order valence-corrected chi connectivity index (χ3v) is 4.26. The summed E-state index contributed by atoms with van der Waals surface area (Å²) in [6.07, 6.45) is 0. The van der Waals surface area contributed by atoms with Crippen LogP contribution in [0.4, 0.5) is 23.2 Å². The molecule has 0 aliphatic rings. The molecule has 0 aliphatic heterocycles. The van der Waals surface area contributed by atoms with Gasteiger partial charge in [-0.15, -0.1) is 0 Å². The molecule has 21 heavy (non-hydrogen) atoms. The van der Waals surface area contributed by atoms with Crippen molar-refractivity contribution >= 4 is 15.5 Å². The first-order valence-corrected chi connectivity index (χ1v) is 7.57. The van der Waals surface area contributed by atoms with Gasteiger partial charge in [-0.05, 0) is 37.7 Å². The van der Waals surface area contributed by atoms with Gasteiger partial charge < -0.3 is 10.6 Å². The number of halogens is 4. The Kier molecular flexibility index (Phi) is 5.57. The van der Waals surface area contributed by atoms with Crippen LogP contribution in [0.15, 0.2) is 23.1 Å². The third-order valence-electron chi connectivity index (χ3n) is 2.73. The molecule has 0 aliphatic carbocycles. The van der Waals surface area contributed by atoms with Crippen molar-refractivity contribution in [2.24, 2.45) is 5.92 Å². The molecule has 1 unspecified atom stereocenters. The number of hydrogen-bond donors (Lipinski definition) is 2. The Hall–Kier alpha value is -1.35. The van der Waals surface area contributed by atoms with Crippen molar-refractivity contribution in [2.45, 2.75) is 17.3 Å². The van der Waals surface area contributed by atoms with Crippen molar-refractivity contribution in [3.63, 3.8) is 0 Å². The molecule has 1 atom stereocenters. The van der Waals surface area contributed by atoms with Crippen LogP contribution in [0, 0.1) is 11.7 Å². The average Bonchev–Trinajstić information content (AvgIpc) is 2.36. The molecule has 0 amide bonds. The largest absolute Gasteiger partial charge is 0.501 e. The molecule has 9 heteroatoms. The zero-order chi connectivity index (χ0) is 16.3. The minimum atomic E-state index is -5.61. The summed E-state index contributed by atoms with van der Waals surface area (Å²) in [5.74, 6) is -1.01. The maximum absolute atomic E-state index is 13.1. The Morgan fingerprint density at radius 3 is 2.38 bits per heavy atom. The predicted octanol–water partition coefficient (Wildman–Crippen LogP) is 2.39. The number of rotatable bonds is 6. The van der Waals surface area contributed by atoms with Crippen molar-refractivity contribution in [3.8, 4) is 0 Å². The van der Waals surface area contributed by atoms with Crippen LogP contribution in [-0.4, -0.2) is 34.1 Å². The molecular weight excluding hydrogens is 312 g/mol. The number of hydrogen-bond acceptors (Lipinski definition) is 4. The van der Waals surface area contributed by atoms with Gasteiger partial charge in [-0.3, -0.25) is 0 Å².